The molecule has 2 heterocycles. The van der Waals surface area contributed by atoms with Crippen molar-refractivity contribution in [3.05, 3.63) is 58.6 Å². The summed E-state index contributed by atoms with van der Waals surface area (Å²) in [5.41, 5.74) is -0.232. The number of amides is 1. The number of hydrogen-bond acceptors (Lipinski definition) is 7. The molecule has 2 N–H and O–H groups in total. The summed E-state index contributed by atoms with van der Waals surface area (Å²) in [6, 6.07) is 10.0. The number of nitrogens with zero attached hydrogens (tertiary/aromatic N) is 2. The maximum Gasteiger partial charge on any atom is 0.351 e. The van der Waals surface area contributed by atoms with Crippen molar-refractivity contribution in [1.82, 2.24) is 9.55 Å². The average molecular weight is 421 g/mol. The summed E-state index contributed by atoms with van der Waals surface area (Å²) in [4.78, 5) is 28.4. The van der Waals surface area contributed by atoms with Crippen LogP contribution in [0.4, 0.5) is 5.82 Å². The van der Waals surface area contributed by atoms with Crippen LogP contribution in [0.15, 0.2) is 47.4 Å². The molecule has 0 aliphatic carbocycles. The lowest BCUT2D eigenvalue weighted by Gasteiger charge is -2.19. The molecule has 0 bridgehead atoms. The minimum absolute atomic E-state index is 0.0991. The number of aromatic nitrogens is 2. The number of rotatable bonds is 7. The van der Waals surface area contributed by atoms with Gasteiger partial charge in [0.05, 0.1) is 20.4 Å². The van der Waals surface area contributed by atoms with Crippen molar-refractivity contribution in [3.63, 3.8) is 0 Å². The van der Waals surface area contributed by atoms with E-state index in [0.29, 0.717) is 11.7 Å². The lowest BCUT2D eigenvalue weighted by Crippen LogP contribution is -2.36. The largest absolute Gasteiger partial charge is 0.386 e. The van der Waals surface area contributed by atoms with Gasteiger partial charge >= 0.3 is 5.69 Å². The maximum atomic E-state index is 12.4. The highest BCUT2D eigenvalue weighted by atomic mass is 31.2. The molecule has 0 spiro atoms. The van der Waals surface area contributed by atoms with Crippen LogP contribution in [-0.4, -0.2) is 65.5 Å². The summed E-state index contributed by atoms with van der Waals surface area (Å²) < 4.78 is 24.0. The Kier molecular flexibility index (Phi) is 6.64. The Morgan fingerprint density at radius 1 is 1.34 bits per heavy atom. The minimum atomic E-state index is -2.21. The number of carbonyl (C=O) groups excluding carboxylic acids is 1. The number of hydrogen-bond donors (Lipinski definition) is 2. The third-order valence-corrected chi connectivity index (χ3v) is 5.71. The first kappa shape index (κ1) is 21.4. The van der Waals surface area contributed by atoms with Crippen LogP contribution in [0.5, 0.6) is 0 Å². The van der Waals surface area contributed by atoms with Crippen molar-refractivity contribution >= 4 is 18.9 Å². The molecule has 1 aliphatic rings. The van der Waals surface area contributed by atoms with Crippen LogP contribution < -0.4 is 11.0 Å². The molecule has 2 aromatic rings. The van der Waals surface area contributed by atoms with E-state index in [2.05, 4.69) is 10.3 Å². The quantitative estimate of drug-likeness (QED) is 0.649. The lowest BCUT2D eigenvalue weighted by atomic mass is 10.2. The van der Waals surface area contributed by atoms with Crippen molar-refractivity contribution in [3.8, 4) is 0 Å². The van der Waals surface area contributed by atoms with E-state index in [4.69, 9.17) is 9.47 Å². The minimum Gasteiger partial charge on any atom is -0.386 e. The van der Waals surface area contributed by atoms with E-state index in [1.807, 2.05) is 0 Å². The van der Waals surface area contributed by atoms with Gasteiger partial charge in [-0.05, 0) is 31.5 Å². The fraction of sp³-hybridized carbons (Fsp3) is 0.421. The van der Waals surface area contributed by atoms with Crippen LogP contribution in [0, 0.1) is 0 Å². The molecule has 1 aromatic carbocycles. The molecule has 3 rings (SSSR count). The van der Waals surface area contributed by atoms with Gasteiger partial charge in [-0.2, -0.15) is 4.98 Å². The van der Waals surface area contributed by atoms with Gasteiger partial charge < -0.3 is 24.5 Å². The highest BCUT2D eigenvalue weighted by Crippen LogP contribution is 2.35. The second-order valence-electron chi connectivity index (χ2n) is 7.24. The Balaban J connectivity index is 1.64. The molecule has 1 saturated heterocycles. The fourth-order valence-corrected chi connectivity index (χ4v) is 3.39. The van der Waals surface area contributed by atoms with Crippen molar-refractivity contribution in [2.24, 2.45) is 0 Å². The summed E-state index contributed by atoms with van der Waals surface area (Å²) in [7, 11) is -2.21. The molecule has 1 amide bonds. The number of aliphatic hydroxyl groups excluding tert-OH is 1. The molecule has 0 saturated carbocycles. The highest BCUT2D eigenvalue weighted by Gasteiger charge is 2.38. The molecule has 9 nitrogen and oxygen atoms in total. The molecular weight excluding hydrogens is 397 g/mol. The van der Waals surface area contributed by atoms with E-state index < -0.39 is 31.3 Å². The number of nitrogens with one attached hydrogen (secondary N) is 1. The summed E-state index contributed by atoms with van der Waals surface area (Å²) in [6.07, 6.45) is -0.853. The smallest absolute Gasteiger partial charge is 0.351 e. The molecule has 10 heteroatoms. The summed E-state index contributed by atoms with van der Waals surface area (Å²) in [5, 5.41) is 13.0. The average Bonchev–Trinajstić information content (AvgIpc) is 3.02. The van der Waals surface area contributed by atoms with Crippen molar-refractivity contribution in [2.45, 2.75) is 18.4 Å². The third kappa shape index (κ3) is 5.61. The van der Waals surface area contributed by atoms with Crippen molar-refractivity contribution < 1.29 is 23.9 Å². The zero-order valence-electron chi connectivity index (χ0n) is 16.2. The number of aliphatic hydroxyl groups is 1. The van der Waals surface area contributed by atoms with Gasteiger partial charge in [0.15, 0.2) is 6.23 Å². The summed E-state index contributed by atoms with van der Waals surface area (Å²) in [6.45, 7) is 3.68. The van der Waals surface area contributed by atoms with Crippen molar-refractivity contribution in [1.29, 1.82) is 0 Å². The zero-order chi connectivity index (χ0) is 21.0. The molecular formula is C19H24N3O6P. The van der Waals surface area contributed by atoms with Gasteiger partial charge in [-0.1, -0.05) is 18.2 Å². The van der Waals surface area contributed by atoms with Crippen LogP contribution >= 0.6 is 7.14 Å². The maximum absolute atomic E-state index is 12.4. The van der Waals surface area contributed by atoms with Gasteiger partial charge in [0, 0.05) is 17.9 Å². The normalized spacial score (nSPS) is 21.8. The lowest BCUT2D eigenvalue weighted by molar-refractivity contribution is -0.0349. The van der Waals surface area contributed by atoms with E-state index >= 15 is 0 Å². The first-order valence-corrected chi connectivity index (χ1v) is 11.9. The van der Waals surface area contributed by atoms with Crippen LogP contribution in [-0.2, 0) is 14.0 Å². The topological polar surface area (TPSA) is 120 Å². The number of anilines is 1. The number of carbonyl (C=O) groups is 1. The number of benzene rings is 1. The van der Waals surface area contributed by atoms with E-state index in [-0.39, 0.29) is 24.9 Å². The predicted octanol–water partition coefficient (Wildman–Crippen LogP) is 1.39. The Labute approximate surface area is 168 Å². The van der Waals surface area contributed by atoms with Gasteiger partial charge in [0.25, 0.3) is 5.91 Å². The first-order valence-electron chi connectivity index (χ1n) is 9.15. The van der Waals surface area contributed by atoms with Crippen molar-refractivity contribution in [2.75, 3.05) is 38.0 Å². The summed E-state index contributed by atoms with van der Waals surface area (Å²) >= 11 is 0. The van der Waals surface area contributed by atoms with E-state index in [1.165, 1.54) is 12.3 Å². The van der Waals surface area contributed by atoms with E-state index in [0.717, 1.165) is 4.57 Å². The monoisotopic (exact) mass is 421 g/mol. The molecule has 1 fully saturated rings. The summed E-state index contributed by atoms with van der Waals surface area (Å²) in [5.74, 6) is -0.285. The third-order valence-electron chi connectivity index (χ3n) is 4.45. The predicted molar refractivity (Wildman–Crippen MR) is 108 cm³/mol. The Morgan fingerprint density at radius 2 is 2.07 bits per heavy atom. The fourth-order valence-electron chi connectivity index (χ4n) is 2.84. The molecule has 29 heavy (non-hydrogen) atoms. The second kappa shape index (κ2) is 9.00. The van der Waals surface area contributed by atoms with Crippen LogP contribution in [0.3, 0.4) is 0 Å². The molecule has 1 aromatic heterocycles. The Hall–Kier alpha value is -2.32. The van der Waals surface area contributed by atoms with Gasteiger partial charge in [0.2, 0.25) is 0 Å². The SMILES string of the molecule is CP(C)(=O)CCO[C@H]1CO[C@@H](n2ccc(NC(=O)c3ccccc3)nc2=O)[C@@H]1O. The molecule has 156 valence electrons. The van der Waals surface area contributed by atoms with E-state index in [1.54, 1.807) is 43.7 Å². The standard InChI is InChI=1S/C19H24N3O6P/c1-29(2,26)11-10-27-14-12-28-18(16(14)23)22-9-8-15(21-19(22)25)20-17(24)13-6-4-3-5-7-13/h3-9,14,16,18,23H,10-12H2,1-2H3,(H,20,21,24,25)/t14-,16+,18+/m0/s1. The van der Waals surface area contributed by atoms with Crippen LogP contribution in [0.1, 0.15) is 16.6 Å². The Bertz CT molecular complexity index is 958. The van der Waals surface area contributed by atoms with Crippen LogP contribution in [0.25, 0.3) is 0 Å². The molecule has 3 atom stereocenters. The zero-order valence-corrected chi connectivity index (χ0v) is 17.1. The second-order valence-corrected chi connectivity index (χ2v) is 10.8. The Morgan fingerprint density at radius 3 is 2.72 bits per heavy atom. The highest BCUT2D eigenvalue weighted by molar-refractivity contribution is 7.62. The van der Waals surface area contributed by atoms with Gasteiger partial charge in [0.1, 0.15) is 18.0 Å². The van der Waals surface area contributed by atoms with E-state index in [9.17, 15) is 19.3 Å². The van der Waals surface area contributed by atoms with Gasteiger partial charge in [-0.25, -0.2) is 4.79 Å². The number of ether oxygens (including phenoxy) is 2. The molecule has 1 aliphatic heterocycles. The molecule has 0 unspecified atom stereocenters. The van der Waals surface area contributed by atoms with Crippen LogP contribution in [0.2, 0.25) is 0 Å². The van der Waals surface area contributed by atoms with Gasteiger partial charge in [-0.3, -0.25) is 9.36 Å². The van der Waals surface area contributed by atoms with Gasteiger partial charge in [-0.15, -0.1) is 0 Å². The first-order chi connectivity index (χ1) is 13.7. The molecule has 0 radical (unpaired) electrons.